The number of carboxylic acid groups (broad SMARTS) is 1. The average Bonchev–Trinajstić information content (AvgIpc) is 3.27. The number of carbonyl (C=O) groups is 2. The Morgan fingerprint density at radius 2 is 2.15 bits per heavy atom. The van der Waals surface area contributed by atoms with Crippen LogP contribution in [0.2, 0.25) is 0 Å². The van der Waals surface area contributed by atoms with Gasteiger partial charge in [-0.3, -0.25) is 4.79 Å². The molecular weight excluding hydrogens is 420 g/mol. The zero-order valence-electron chi connectivity index (χ0n) is 19.3. The van der Waals surface area contributed by atoms with Crippen LogP contribution in [0.3, 0.4) is 0 Å². The molecule has 1 aliphatic rings. The van der Waals surface area contributed by atoms with Crippen LogP contribution in [0.5, 0.6) is 5.75 Å². The lowest BCUT2D eigenvalue weighted by molar-refractivity contribution is -0.149. The van der Waals surface area contributed by atoms with E-state index in [-0.39, 0.29) is 5.91 Å². The van der Waals surface area contributed by atoms with Crippen LogP contribution in [0.15, 0.2) is 59.3 Å². The molecule has 1 atom stereocenters. The summed E-state index contributed by atoms with van der Waals surface area (Å²) in [4.78, 5) is 30.5. The molecule has 0 spiro atoms. The molecule has 1 unspecified atom stereocenters. The molecule has 7 nitrogen and oxygen atoms in total. The van der Waals surface area contributed by atoms with E-state index in [2.05, 4.69) is 18.0 Å². The van der Waals surface area contributed by atoms with Crippen LogP contribution < -0.4 is 4.74 Å². The first-order valence-electron chi connectivity index (χ1n) is 11.1. The highest BCUT2D eigenvalue weighted by molar-refractivity contribution is 5.92. The van der Waals surface area contributed by atoms with E-state index in [1.807, 2.05) is 26.0 Å². The van der Waals surface area contributed by atoms with Crippen molar-refractivity contribution in [2.75, 3.05) is 13.2 Å². The van der Waals surface area contributed by atoms with E-state index in [1.165, 1.54) is 11.0 Å². The maximum absolute atomic E-state index is 12.6. The maximum Gasteiger partial charge on any atom is 0.331 e. The predicted octanol–water partition coefficient (Wildman–Crippen LogP) is 4.75. The number of amides is 1. The van der Waals surface area contributed by atoms with Gasteiger partial charge in [0, 0.05) is 24.6 Å². The van der Waals surface area contributed by atoms with Crippen LogP contribution in [0.1, 0.15) is 55.9 Å². The molecule has 1 aromatic carbocycles. The topological polar surface area (TPSA) is 92.9 Å². The molecule has 0 fully saturated rings. The van der Waals surface area contributed by atoms with E-state index in [4.69, 9.17) is 9.15 Å². The maximum atomic E-state index is 12.6. The first-order valence-corrected chi connectivity index (χ1v) is 11.1. The zero-order chi connectivity index (χ0) is 23.8. The molecule has 0 saturated heterocycles. The number of nitrogens with zero attached hydrogens (tertiary/aromatic N) is 2. The van der Waals surface area contributed by atoms with E-state index in [9.17, 15) is 14.7 Å². The first kappa shape index (κ1) is 24.0. The van der Waals surface area contributed by atoms with Crippen LogP contribution >= 0.6 is 0 Å². The SMILES string of the molecule is CC=CC=CC(=O)N1CCc2ccc(OCCc3coc(C(C)=CCC)n3)cc2C1C(=O)O. The largest absolute Gasteiger partial charge is 0.493 e. The number of rotatable bonds is 9. The average molecular weight is 451 g/mol. The third-order valence-corrected chi connectivity index (χ3v) is 5.43. The zero-order valence-corrected chi connectivity index (χ0v) is 19.3. The number of aromatic nitrogens is 1. The summed E-state index contributed by atoms with van der Waals surface area (Å²) in [5, 5.41) is 9.88. The lowest BCUT2D eigenvalue weighted by Gasteiger charge is -2.34. The smallest absolute Gasteiger partial charge is 0.331 e. The quantitative estimate of drug-likeness (QED) is 0.438. The van der Waals surface area contributed by atoms with Gasteiger partial charge in [0.1, 0.15) is 12.0 Å². The lowest BCUT2D eigenvalue weighted by atomic mass is 9.92. The lowest BCUT2D eigenvalue weighted by Crippen LogP contribution is -2.42. The van der Waals surface area contributed by atoms with Crippen LogP contribution in [-0.4, -0.2) is 40.0 Å². The van der Waals surface area contributed by atoms with E-state index >= 15 is 0 Å². The molecule has 0 bridgehead atoms. The van der Waals surface area contributed by atoms with Gasteiger partial charge in [-0.25, -0.2) is 9.78 Å². The van der Waals surface area contributed by atoms with E-state index < -0.39 is 12.0 Å². The van der Waals surface area contributed by atoms with Gasteiger partial charge in [-0.05, 0) is 49.9 Å². The van der Waals surface area contributed by atoms with Gasteiger partial charge in [0.25, 0.3) is 0 Å². The van der Waals surface area contributed by atoms with Gasteiger partial charge in [-0.1, -0.05) is 37.3 Å². The van der Waals surface area contributed by atoms with Gasteiger partial charge >= 0.3 is 5.97 Å². The van der Waals surface area contributed by atoms with Gasteiger partial charge < -0.3 is 19.2 Å². The minimum Gasteiger partial charge on any atom is -0.493 e. The number of ether oxygens (including phenoxy) is 1. The van der Waals surface area contributed by atoms with E-state index in [0.717, 1.165) is 23.3 Å². The number of fused-ring (bicyclic) bond motifs is 1. The van der Waals surface area contributed by atoms with Gasteiger partial charge in [-0.2, -0.15) is 0 Å². The number of allylic oxidation sites excluding steroid dienone is 5. The first-order chi connectivity index (χ1) is 15.9. The highest BCUT2D eigenvalue weighted by Gasteiger charge is 2.35. The number of carboxylic acids is 1. The van der Waals surface area contributed by atoms with Crippen LogP contribution in [0.25, 0.3) is 5.57 Å². The number of aliphatic carboxylic acids is 1. The van der Waals surface area contributed by atoms with Crippen molar-refractivity contribution >= 4 is 17.4 Å². The van der Waals surface area contributed by atoms with Crippen LogP contribution in [0.4, 0.5) is 0 Å². The summed E-state index contributed by atoms with van der Waals surface area (Å²) < 4.78 is 11.4. The minimum absolute atomic E-state index is 0.327. The van der Waals surface area contributed by atoms with Crippen molar-refractivity contribution in [2.45, 2.75) is 46.1 Å². The van der Waals surface area contributed by atoms with Crippen molar-refractivity contribution in [1.29, 1.82) is 0 Å². The van der Waals surface area contributed by atoms with Gasteiger partial charge in [0.15, 0.2) is 6.04 Å². The third kappa shape index (κ3) is 6.00. The fraction of sp³-hybridized carbons (Fsp3) is 0.346. The summed E-state index contributed by atoms with van der Waals surface area (Å²) in [5.41, 5.74) is 3.29. The van der Waals surface area contributed by atoms with Crippen molar-refractivity contribution in [2.24, 2.45) is 0 Å². The molecule has 2 aromatic rings. The summed E-state index contributed by atoms with van der Waals surface area (Å²) in [7, 11) is 0. The Kier molecular flexibility index (Phi) is 8.24. The summed E-state index contributed by atoms with van der Waals surface area (Å²) >= 11 is 0. The number of oxazole rings is 1. The highest BCUT2D eigenvalue weighted by Crippen LogP contribution is 2.33. The van der Waals surface area contributed by atoms with Crippen molar-refractivity contribution in [3.8, 4) is 5.75 Å². The summed E-state index contributed by atoms with van der Waals surface area (Å²) in [6.07, 6.45) is 12.3. The Morgan fingerprint density at radius 3 is 2.88 bits per heavy atom. The molecule has 1 aliphatic heterocycles. The second-order valence-corrected chi connectivity index (χ2v) is 7.81. The Balaban J connectivity index is 1.70. The normalized spacial score (nSPS) is 16.4. The number of benzene rings is 1. The van der Waals surface area contributed by atoms with Gasteiger partial charge in [0.2, 0.25) is 11.8 Å². The Labute approximate surface area is 194 Å². The second-order valence-electron chi connectivity index (χ2n) is 7.81. The monoisotopic (exact) mass is 450 g/mol. The van der Waals surface area contributed by atoms with Gasteiger partial charge in [-0.15, -0.1) is 0 Å². The standard InChI is InChI=1S/C26H30N2O5/c1-4-6-7-9-23(29)28-14-12-19-10-11-21(16-22(19)24(28)26(30)31)32-15-13-20-17-33-25(27-20)18(3)8-5-2/h4,6-11,16-17,24H,5,12-15H2,1-3H3,(H,30,31). The van der Waals surface area contributed by atoms with E-state index in [0.29, 0.717) is 43.2 Å². The minimum atomic E-state index is -1.06. The van der Waals surface area contributed by atoms with Crippen molar-refractivity contribution in [1.82, 2.24) is 9.88 Å². The molecule has 1 aromatic heterocycles. The Hall–Kier alpha value is -3.61. The van der Waals surface area contributed by atoms with Crippen molar-refractivity contribution in [3.63, 3.8) is 0 Å². The molecule has 174 valence electrons. The molecule has 2 heterocycles. The summed E-state index contributed by atoms with van der Waals surface area (Å²) in [6.45, 7) is 6.59. The van der Waals surface area contributed by atoms with Crippen molar-refractivity contribution in [3.05, 3.63) is 77.6 Å². The molecule has 33 heavy (non-hydrogen) atoms. The van der Waals surface area contributed by atoms with Crippen LogP contribution in [-0.2, 0) is 22.4 Å². The second kappa shape index (κ2) is 11.3. The molecule has 1 N–H and O–H groups in total. The number of carbonyl (C=O) groups excluding carboxylic acids is 1. The highest BCUT2D eigenvalue weighted by atomic mass is 16.5. The summed E-state index contributed by atoms with van der Waals surface area (Å²) in [5.74, 6) is -0.221. The number of hydrogen-bond donors (Lipinski definition) is 1. The molecule has 0 saturated carbocycles. The molecular formula is C26H30N2O5. The molecule has 7 heteroatoms. The fourth-order valence-corrected chi connectivity index (χ4v) is 3.80. The molecule has 0 radical (unpaired) electrons. The van der Waals surface area contributed by atoms with Crippen LogP contribution in [0, 0.1) is 0 Å². The van der Waals surface area contributed by atoms with Crippen molar-refractivity contribution < 1.29 is 23.8 Å². The molecule has 1 amide bonds. The molecule has 3 rings (SSSR count). The predicted molar refractivity (Wildman–Crippen MR) is 126 cm³/mol. The van der Waals surface area contributed by atoms with Gasteiger partial charge in [0.05, 0.1) is 12.3 Å². The third-order valence-electron chi connectivity index (χ3n) is 5.43. The Bertz CT molecular complexity index is 1080. The molecule has 0 aliphatic carbocycles. The number of hydrogen-bond acceptors (Lipinski definition) is 5. The van der Waals surface area contributed by atoms with E-state index in [1.54, 1.807) is 30.6 Å². The fourth-order valence-electron chi connectivity index (χ4n) is 3.80. The Morgan fingerprint density at radius 1 is 1.33 bits per heavy atom. The summed E-state index contributed by atoms with van der Waals surface area (Å²) in [6, 6.07) is 4.40.